The normalized spacial score (nSPS) is 14.8. The predicted octanol–water partition coefficient (Wildman–Crippen LogP) is 4.94. The summed E-state index contributed by atoms with van der Waals surface area (Å²) < 4.78 is 18.4. The van der Waals surface area contributed by atoms with Gasteiger partial charge in [-0.25, -0.2) is 4.99 Å². The number of benzene rings is 3. The van der Waals surface area contributed by atoms with E-state index in [1.165, 1.54) is 25.6 Å². The van der Waals surface area contributed by atoms with Gasteiger partial charge in [0, 0.05) is 5.69 Å². The van der Waals surface area contributed by atoms with E-state index in [9.17, 15) is 9.59 Å². The molecule has 0 bridgehead atoms. The van der Waals surface area contributed by atoms with E-state index in [1.807, 2.05) is 61.5 Å². The van der Waals surface area contributed by atoms with Crippen LogP contribution >= 0.6 is 22.9 Å². The number of rotatable bonds is 8. The zero-order chi connectivity index (χ0) is 29.1. The number of nitrogens with one attached hydrogen (secondary N) is 1. The molecule has 1 aromatic heterocycles. The van der Waals surface area contributed by atoms with Gasteiger partial charge in [-0.1, -0.05) is 53.3 Å². The number of para-hydroxylation sites is 1. The van der Waals surface area contributed by atoms with E-state index in [0.717, 1.165) is 5.56 Å². The van der Waals surface area contributed by atoms with E-state index in [2.05, 4.69) is 5.32 Å². The lowest BCUT2D eigenvalue weighted by Crippen LogP contribution is -2.40. The van der Waals surface area contributed by atoms with Gasteiger partial charge >= 0.3 is 0 Å². The molecule has 0 saturated carbocycles. The molecule has 210 valence electrons. The fraction of sp³-hybridized carbons (Fsp3) is 0.194. The Morgan fingerprint density at radius 2 is 1.83 bits per heavy atom. The second-order valence-electron chi connectivity index (χ2n) is 9.14. The van der Waals surface area contributed by atoms with Crippen molar-refractivity contribution in [1.82, 2.24) is 4.57 Å². The van der Waals surface area contributed by atoms with Crippen molar-refractivity contribution in [3.63, 3.8) is 0 Å². The molecule has 0 saturated heterocycles. The fourth-order valence-electron chi connectivity index (χ4n) is 4.73. The molecule has 3 aromatic carbocycles. The Morgan fingerprint density at radius 1 is 1.10 bits per heavy atom. The quantitative estimate of drug-likeness (QED) is 0.314. The van der Waals surface area contributed by atoms with Crippen LogP contribution in [0, 0.1) is 0 Å². The number of ether oxygens (including phenoxy) is 3. The molecule has 0 unspecified atom stereocenters. The number of methoxy groups -OCH3 is 2. The number of carbonyl (C=O) groups excluding carboxylic acids is 1. The summed E-state index contributed by atoms with van der Waals surface area (Å²) >= 11 is 7.65. The van der Waals surface area contributed by atoms with E-state index in [1.54, 1.807) is 29.7 Å². The highest BCUT2D eigenvalue weighted by Gasteiger charge is 2.32. The third-order valence-electron chi connectivity index (χ3n) is 6.56. The molecule has 2 heterocycles. The van der Waals surface area contributed by atoms with E-state index in [0.29, 0.717) is 60.7 Å². The van der Waals surface area contributed by atoms with E-state index >= 15 is 0 Å². The van der Waals surface area contributed by atoms with Gasteiger partial charge in [-0.3, -0.25) is 14.2 Å². The lowest BCUT2D eigenvalue weighted by Gasteiger charge is -2.25. The average Bonchev–Trinajstić information content (AvgIpc) is 3.26. The molecule has 0 radical (unpaired) electrons. The van der Waals surface area contributed by atoms with Crippen LogP contribution in [0.1, 0.15) is 31.0 Å². The standard InChI is InChI=1S/C31H28ClN3O5S/c1-5-40-22-13-11-20(12-14-22)27-26(29(36)34-21-9-7-6-8-10-21)18(2)33-31-35(27)30(37)25(41-31)17-19-15-23(32)28(39-4)24(16-19)38-3/h6-17,27H,5H2,1-4H3,(H,34,36)/b25-17-/t27-/m1/s1. The topological polar surface area (TPSA) is 91.2 Å². The van der Waals surface area contributed by atoms with Crippen molar-refractivity contribution in [2.24, 2.45) is 4.99 Å². The molecule has 5 rings (SSSR count). The molecule has 1 aliphatic heterocycles. The lowest BCUT2D eigenvalue weighted by atomic mass is 9.95. The summed E-state index contributed by atoms with van der Waals surface area (Å²) in [6.07, 6.45) is 1.73. The molecule has 1 N–H and O–H groups in total. The molecular formula is C31H28ClN3O5S. The highest BCUT2D eigenvalue weighted by atomic mass is 35.5. The largest absolute Gasteiger partial charge is 0.494 e. The van der Waals surface area contributed by atoms with Crippen molar-refractivity contribution < 1.29 is 19.0 Å². The summed E-state index contributed by atoms with van der Waals surface area (Å²) in [4.78, 5) is 32.9. The molecule has 0 spiro atoms. The number of anilines is 1. The summed E-state index contributed by atoms with van der Waals surface area (Å²) in [7, 11) is 3.03. The van der Waals surface area contributed by atoms with Gasteiger partial charge in [0.2, 0.25) is 0 Å². The number of carbonyl (C=O) groups is 1. The van der Waals surface area contributed by atoms with Crippen molar-refractivity contribution in [2.45, 2.75) is 19.9 Å². The summed E-state index contributed by atoms with van der Waals surface area (Å²) in [6, 6.07) is 19.3. The van der Waals surface area contributed by atoms with Crippen LogP contribution in [0.4, 0.5) is 5.69 Å². The number of hydrogen-bond acceptors (Lipinski definition) is 7. The van der Waals surface area contributed by atoms with Crippen molar-refractivity contribution in [1.29, 1.82) is 0 Å². The minimum atomic E-state index is -0.707. The third kappa shape index (κ3) is 5.64. The van der Waals surface area contributed by atoms with Gasteiger partial charge in [0.25, 0.3) is 11.5 Å². The van der Waals surface area contributed by atoms with E-state index in [4.69, 9.17) is 30.8 Å². The maximum atomic E-state index is 14.0. The van der Waals surface area contributed by atoms with Crippen LogP contribution in [-0.2, 0) is 4.79 Å². The van der Waals surface area contributed by atoms with Crippen LogP contribution in [0.3, 0.4) is 0 Å². The van der Waals surface area contributed by atoms with Crippen LogP contribution in [0.5, 0.6) is 17.2 Å². The summed E-state index contributed by atoms with van der Waals surface area (Å²) in [6.45, 7) is 4.22. The van der Waals surface area contributed by atoms with Gasteiger partial charge in [0.15, 0.2) is 16.3 Å². The minimum absolute atomic E-state index is 0.281. The Labute approximate surface area is 245 Å². The van der Waals surface area contributed by atoms with Gasteiger partial charge < -0.3 is 19.5 Å². The first-order chi connectivity index (χ1) is 19.8. The molecule has 1 atom stereocenters. The predicted molar refractivity (Wildman–Crippen MR) is 161 cm³/mol. The van der Waals surface area contributed by atoms with Gasteiger partial charge in [0.05, 0.1) is 47.7 Å². The second-order valence-corrected chi connectivity index (χ2v) is 10.6. The number of amides is 1. The van der Waals surface area contributed by atoms with Crippen molar-refractivity contribution >= 4 is 40.6 Å². The van der Waals surface area contributed by atoms with Gasteiger partial charge in [0.1, 0.15) is 5.75 Å². The molecule has 8 nitrogen and oxygen atoms in total. The van der Waals surface area contributed by atoms with Gasteiger partial charge in [-0.15, -0.1) is 0 Å². The van der Waals surface area contributed by atoms with Crippen LogP contribution < -0.4 is 34.4 Å². The van der Waals surface area contributed by atoms with Crippen molar-refractivity contribution in [3.05, 3.63) is 114 Å². The molecule has 1 amide bonds. The van der Waals surface area contributed by atoms with Crippen LogP contribution in [0.25, 0.3) is 6.08 Å². The van der Waals surface area contributed by atoms with Gasteiger partial charge in [-0.2, -0.15) is 0 Å². The zero-order valence-electron chi connectivity index (χ0n) is 22.9. The molecule has 1 aliphatic rings. The monoisotopic (exact) mass is 589 g/mol. The van der Waals surface area contributed by atoms with E-state index in [-0.39, 0.29) is 11.5 Å². The summed E-state index contributed by atoms with van der Waals surface area (Å²) in [5, 5.41) is 3.31. The highest BCUT2D eigenvalue weighted by Crippen LogP contribution is 2.36. The Balaban J connectivity index is 1.66. The molecule has 0 fully saturated rings. The number of allylic oxidation sites excluding steroid dienone is 1. The molecule has 10 heteroatoms. The Morgan fingerprint density at radius 3 is 2.49 bits per heavy atom. The molecule has 41 heavy (non-hydrogen) atoms. The number of halogens is 1. The maximum absolute atomic E-state index is 14.0. The lowest BCUT2D eigenvalue weighted by molar-refractivity contribution is -0.113. The van der Waals surface area contributed by atoms with Crippen molar-refractivity contribution in [3.8, 4) is 17.2 Å². The number of fused-ring (bicyclic) bond motifs is 1. The maximum Gasteiger partial charge on any atom is 0.271 e. The smallest absolute Gasteiger partial charge is 0.271 e. The Bertz CT molecular complexity index is 1810. The number of nitrogens with zero attached hydrogens (tertiary/aromatic N) is 2. The first-order valence-electron chi connectivity index (χ1n) is 12.9. The van der Waals surface area contributed by atoms with Crippen molar-refractivity contribution in [2.75, 3.05) is 26.1 Å². The minimum Gasteiger partial charge on any atom is -0.494 e. The molecule has 4 aromatic rings. The Hall–Kier alpha value is -4.34. The fourth-order valence-corrected chi connectivity index (χ4v) is 6.08. The zero-order valence-corrected chi connectivity index (χ0v) is 24.5. The first-order valence-corrected chi connectivity index (χ1v) is 14.1. The summed E-state index contributed by atoms with van der Waals surface area (Å²) in [5.74, 6) is 1.22. The van der Waals surface area contributed by atoms with E-state index < -0.39 is 6.04 Å². The van der Waals surface area contributed by atoms with Crippen LogP contribution in [0.2, 0.25) is 5.02 Å². The number of hydrogen-bond donors (Lipinski definition) is 1. The summed E-state index contributed by atoms with van der Waals surface area (Å²) in [5.41, 5.74) is 2.68. The van der Waals surface area contributed by atoms with Gasteiger partial charge in [-0.05, 0) is 67.4 Å². The first kappa shape index (κ1) is 28.2. The third-order valence-corrected chi connectivity index (χ3v) is 7.82. The molecule has 0 aliphatic carbocycles. The highest BCUT2D eigenvalue weighted by molar-refractivity contribution is 7.07. The molecular weight excluding hydrogens is 562 g/mol. The average molecular weight is 590 g/mol. The van der Waals surface area contributed by atoms with Crippen LogP contribution in [0.15, 0.2) is 87.8 Å². The second kappa shape index (κ2) is 12.0. The number of aromatic nitrogens is 1. The SMILES string of the molecule is CCOc1ccc([C@@H]2C(C(=O)Nc3ccccc3)=C(C)N=c3s/c(=C\c4cc(Cl)c(OC)c(OC)c4)c(=O)n32)cc1. The Kier molecular flexibility index (Phi) is 8.28. The number of thiazole rings is 1. The van der Waals surface area contributed by atoms with Crippen LogP contribution in [-0.4, -0.2) is 31.3 Å².